The molecule has 0 saturated heterocycles. The number of thiophene rings is 1. The number of hydrogen-bond acceptors (Lipinski definition) is 7. The number of nitrogens with zero attached hydrogens (tertiary/aromatic N) is 2. The first-order valence-electron chi connectivity index (χ1n) is 10.5. The molecular formula is C24H21N3O5S2. The number of anilines is 2. The zero-order valence-corrected chi connectivity index (χ0v) is 19.9. The summed E-state index contributed by atoms with van der Waals surface area (Å²) in [4.78, 5) is 26.0. The van der Waals surface area contributed by atoms with Gasteiger partial charge in [0, 0.05) is 11.9 Å². The minimum absolute atomic E-state index is 0.175. The molecule has 0 unspecified atom stereocenters. The van der Waals surface area contributed by atoms with Crippen molar-refractivity contribution >= 4 is 43.9 Å². The van der Waals surface area contributed by atoms with Crippen LogP contribution in [0.3, 0.4) is 0 Å². The van der Waals surface area contributed by atoms with Crippen molar-refractivity contribution in [2.45, 2.75) is 24.2 Å². The van der Waals surface area contributed by atoms with E-state index in [2.05, 4.69) is 11.4 Å². The molecule has 0 spiro atoms. The van der Waals surface area contributed by atoms with Crippen molar-refractivity contribution in [3.8, 4) is 6.07 Å². The fourth-order valence-corrected chi connectivity index (χ4v) is 6.40. The number of carbonyl (C=O) groups is 2. The van der Waals surface area contributed by atoms with Crippen LogP contribution in [0.5, 0.6) is 0 Å². The monoisotopic (exact) mass is 495 g/mol. The number of ether oxygens (including phenoxy) is 1. The first-order valence-corrected chi connectivity index (χ1v) is 12.7. The molecule has 0 atom stereocenters. The maximum atomic E-state index is 13.2. The Hall–Kier alpha value is -3.68. The summed E-state index contributed by atoms with van der Waals surface area (Å²) in [5.41, 5.74) is 1.69. The SMILES string of the molecule is CN(c1ccccc1)S(=O)(=O)c1ccccc1C(=O)OCC(=O)Nc1sc2c(c1C#N)CCC2. The van der Waals surface area contributed by atoms with Crippen LogP contribution in [0.2, 0.25) is 0 Å². The highest BCUT2D eigenvalue weighted by molar-refractivity contribution is 7.92. The van der Waals surface area contributed by atoms with E-state index in [1.165, 1.54) is 42.6 Å². The van der Waals surface area contributed by atoms with Gasteiger partial charge < -0.3 is 10.1 Å². The van der Waals surface area contributed by atoms with Crippen molar-refractivity contribution in [3.63, 3.8) is 0 Å². The zero-order chi connectivity index (χ0) is 24.3. The van der Waals surface area contributed by atoms with Crippen molar-refractivity contribution in [3.05, 3.63) is 76.2 Å². The largest absolute Gasteiger partial charge is 0.452 e. The summed E-state index contributed by atoms with van der Waals surface area (Å²) in [6, 6.07) is 16.3. The summed E-state index contributed by atoms with van der Waals surface area (Å²) in [5.74, 6) is -1.54. The molecule has 10 heteroatoms. The normalized spacial score (nSPS) is 12.5. The van der Waals surface area contributed by atoms with Crippen LogP contribution < -0.4 is 9.62 Å². The van der Waals surface area contributed by atoms with Gasteiger partial charge in [0.15, 0.2) is 6.61 Å². The molecule has 174 valence electrons. The molecule has 0 aliphatic heterocycles. The van der Waals surface area contributed by atoms with Crippen molar-refractivity contribution in [2.75, 3.05) is 23.3 Å². The van der Waals surface area contributed by atoms with Gasteiger partial charge in [0.1, 0.15) is 16.0 Å². The minimum Gasteiger partial charge on any atom is -0.452 e. The molecule has 0 bridgehead atoms. The van der Waals surface area contributed by atoms with Crippen LogP contribution >= 0.6 is 11.3 Å². The molecule has 1 N–H and O–H groups in total. The molecule has 8 nitrogen and oxygen atoms in total. The van der Waals surface area contributed by atoms with Crippen LogP contribution in [0.15, 0.2) is 59.5 Å². The second-order valence-electron chi connectivity index (χ2n) is 7.60. The fourth-order valence-electron chi connectivity index (χ4n) is 3.77. The predicted molar refractivity (Wildman–Crippen MR) is 128 cm³/mol. The first kappa shape index (κ1) is 23.5. The molecule has 34 heavy (non-hydrogen) atoms. The van der Waals surface area contributed by atoms with E-state index in [4.69, 9.17) is 4.74 Å². The van der Waals surface area contributed by atoms with Gasteiger partial charge in [0.2, 0.25) is 0 Å². The minimum atomic E-state index is -4.06. The molecule has 1 heterocycles. The lowest BCUT2D eigenvalue weighted by Crippen LogP contribution is -2.28. The molecule has 1 amide bonds. The standard InChI is InChI=1S/C24H21N3O5S2/c1-27(16-8-3-2-4-9-16)34(30,31)21-13-6-5-10-18(21)24(29)32-15-22(28)26-23-19(14-25)17-11-7-12-20(17)33-23/h2-6,8-10,13H,7,11-12,15H2,1H3,(H,26,28). The Bertz CT molecular complexity index is 1390. The summed E-state index contributed by atoms with van der Waals surface area (Å²) in [7, 11) is -2.67. The molecular weight excluding hydrogens is 474 g/mol. The Kier molecular flexibility index (Phi) is 6.68. The lowest BCUT2D eigenvalue weighted by Gasteiger charge is -2.20. The molecule has 3 aromatic rings. The van der Waals surface area contributed by atoms with E-state index in [-0.39, 0.29) is 10.5 Å². The lowest BCUT2D eigenvalue weighted by atomic mass is 10.1. The summed E-state index contributed by atoms with van der Waals surface area (Å²) in [5, 5.41) is 12.5. The van der Waals surface area contributed by atoms with Gasteiger partial charge in [-0.2, -0.15) is 5.26 Å². The van der Waals surface area contributed by atoms with E-state index in [1.807, 2.05) is 0 Å². The van der Waals surface area contributed by atoms with E-state index >= 15 is 0 Å². The van der Waals surface area contributed by atoms with E-state index in [1.54, 1.807) is 30.3 Å². The van der Waals surface area contributed by atoms with Gasteiger partial charge in [-0.3, -0.25) is 9.10 Å². The average Bonchev–Trinajstić information content (AvgIpc) is 3.43. The second-order valence-corrected chi connectivity index (χ2v) is 10.6. The van der Waals surface area contributed by atoms with E-state index < -0.39 is 28.5 Å². The number of rotatable bonds is 7. The molecule has 2 aromatic carbocycles. The number of benzene rings is 2. The molecule has 4 rings (SSSR count). The third-order valence-corrected chi connectivity index (χ3v) is 8.54. The number of nitrogens with one attached hydrogen (secondary N) is 1. The number of sulfonamides is 1. The maximum Gasteiger partial charge on any atom is 0.340 e. The van der Waals surface area contributed by atoms with Gasteiger partial charge in [0.25, 0.3) is 15.9 Å². The van der Waals surface area contributed by atoms with Crippen molar-refractivity contribution in [2.24, 2.45) is 0 Å². The summed E-state index contributed by atoms with van der Waals surface area (Å²) in [6.45, 7) is -0.616. The summed E-state index contributed by atoms with van der Waals surface area (Å²) < 4.78 is 32.6. The summed E-state index contributed by atoms with van der Waals surface area (Å²) >= 11 is 1.36. The Morgan fingerprint density at radius 2 is 1.82 bits per heavy atom. The van der Waals surface area contributed by atoms with Crippen LogP contribution in [0, 0.1) is 11.3 Å². The highest BCUT2D eigenvalue weighted by Crippen LogP contribution is 2.38. The number of aryl methyl sites for hydroxylation is 1. The molecule has 0 radical (unpaired) electrons. The molecule has 1 aliphatic carbocycles. The maximum absolute atomic E-state index is 13.2. The van der Waals surface area contributed by atoms with Gasteiger partial charge in [-0.1, -0.05) is 30.3 Å². The highest BCUT2D eigenvalue weighted by atomic mass is 32.2. The van der Waals surface area contributed by atoms with Crippen LogP contribution in [-0.2, 0) is 32.4 Å². The summed E-state index contributed by atoms with van der Waals surface area (Å²) in [6.07, 6.45) is 2.67. The van der Waals surface area contributed by atoms with Gasteiger partial charge in [0.05, 0.1) is 16.8 Å². The number of amides is 1. The Balaban J connectivity index is 1.48. The number of nitriles is 1. The number of esters is 1. The first-order chi connectivity index (χ1) is 16.3. The predicted octanol–water partition coefficient (Wildman–Crippen LogP) is 3.73. The number of carbonyl (C=O) groups excluding carboxylic acids is 2. The van der Waals surface area contributed by atoms with Crippen LogP contribution in [0.1, 0.15) is 32.8 Å². The van der Waals surface area contributed by atoms with E-state index in [0.717, 1.165) is 34.0 Å². The zero-order valence-electron chi connectivity index (χ0n) is 18.3. The van der Waals surface area contributed by atoms with Crippen molar-refractivity contribution in [1.82, 2.24) is 0 Å². The Labute approximate surface area is 201 Å². The highest BCUT2D eigenvalue weighted by Gasteiger charge is 2.28. The molecule has 1 aromatic heterocycles. The smallest absolute Gasteiger partial charge is 0.340 e. The number of fused-ring (bicyclic) bond motifs is 1. The van der Waals surface area contributed by atoms with E-state index in [9.17, 15) is 23.3 Å². The van der Waals surface area contributed by atoms with Crippen LogP contribution in [-0.4, -0.2) is 33.9 Å². The Morgan fingerprint density at radius 3 is 2.56 bits per heavy atom. The van der Waals surface area contributed by atoms with Gasteiger partial charge in [-0.15, -0.1) is 11.3 Å². The number of para-hydroxylation sites is 1. The second kappa shape index (κ2) is 9.67. The third kappa shape index (κ3) is 4.53. The quantitative estimate of drug-likeness (QED) is 0.499. The third-order valence-electron chi connectivity index (χ3n) is 5.49. The van der Waals surface area contributed by atoms with Crippen LogP contribution in [0.25, 0.3) is 0 Å². The van der Waals surface area contributed by atoms with E-state index in [0.29, 0.717) is 16.3 Å². The van der Waals surface area contributed by atoms with Gasteiger partial charge >= 0.3 is 5.97 Å². The topological polar surface area (TPSA) is 117 Å². The van der Waals surface area contributed by atoms with Crippen molar-refractivity contribution in [1.29, 1.82) is 5.26 Å². The fraction of sp³-hybridized carbons (Fsp3) is 0.208. The number of hydrogen-bond donors (Lipinski definition) is 1. The Morgan fingerprint density at radius 1 is 1.12 bits per heavy atom. The van der Waals surface area contributed by atoms with Gasteiger partial charge in [-0.25, -0.2) is 13.2 Å². The molecule has 1 aliphatic rings. The molecule has 0 saturated carbocycles. The average molecular weight is 496 g/mol. The van der Waals surface area contributed by atoms with Gasteiger partial charge in [-0.05, 0) is 49.1 Å². The van der Waals surface area contributed by atoms with Crippen LogP contribution in [0.4, 0.5) is 10.7 Å². The van der Waals surface area contributed by atoms with Crippen molar-refractivity contribution < 1.29 is 22.7 Å². The molecule has 0 fully saturated rings. The lowest BCUT2D eigenvalue weighted by molar-refractivity contribution is -0.119.